The van der Waals surface area contributed by atoms with E-state index in [0.29, 0.717) is 0 Å². The molecular formula is C65H42N4. The Morgan fingerprint density at radius 1 is 0.203 bits per heavy atom. The zero-order chi connectivity index (χ0) is 45.4. The maximum Gasteiger partial charge on any atom is 0.0715 e. The van der Waals surface area contributed by atoms with Crippen LogP contribution in [0.15, 0.2) is 255 Å². The van der Waals surface area contributed by atoms with E-state index in [9.17, 15) is 0 Å². The van der Waals surface area contributed by atoms with Crippen molar-refractivity contribution in [3.05, 3.63) is 255 Å². The van der Waals surface area contributed by atoms with E-state index in [4.69, 9.17) is 4.98 Å². The molecule has 0 fully saturated rings. The number of rotatable bonds is 7. The Bertz CT molecular complexity index is 4160. The van der Waals surface area contributed by atoms with Crippen molar-refractivity contribution >= 4 is 65.4 Å². The molecule has 14 aromatic rings. The normalized spacial score (nSPS) is 11.8. The molecule has 0 aliphatic heterocycles. The second kappa shape index (κ2) is 15.7. The summed E-state index contributed by atoms with van der Waals surface area (Å²) in [4.78, 5) is 5.25. The van der Waals surface area contributed by atoms with Crippen LogP contribution in [0.3, 0.4) is 0 Å². The molecule has 0 aliphatic carbocycles. The Morgan fingerprint density at radius 2 is 0.551 bits per heavy atom. The number of fused-ring (bicyclic) bond motifs is 9. The molecule has 0 saturated heterocycles. The maximum atomic E-state index is 5.25. The fourth-order valence-electron chi connectivity index (χ4n) is 10.8. The molecule has 14 rings (SSSR count). The van der Waals surface area contributed by atoms with Crippen LogP contribution in [0, 0.1) is 0 Å². The van der Waals surface area contributed by atoms with Crippen LogP contribution in [0.25, 0.3) is 127 Å². The van der Waals surface area contributed by atoms with Gasteiger partial charge < -0.3 is 13.7 Å². The summed E-state index contributed by atoms with van der Waals surface area (Å²) in [5.41, 5.74) is 19.2. The summed E-state index contributed by atoms with van der Waals surface area (Å²) in [6.07, 6.45) is 0. The average Bonchev–Trinajstić information content (AvgIpc) is 4.06. The minimum atomic E-state index is 0.938. The number of para-hydroxylation sites is 4. The van der Waals surface area contributed by atoms with Gasteiger partial charge in [-0.05, 0) is 119 Å². The van der Waals surface area contributed by atoms with Crippen LogP contribution in [0.1, 0.15) is 0 Å². The maximum absolute atomic E-state index is 5.25. The Kier molecular flexibility index (Phi) is 8.86. The molecule has 0 saturated carbocycles. The number of hydrogen-bond acceptors (Lipinski definition) is 1. The molecule has 0 unspecified atom stereocenters. The second-order valence-electron chi connectivity index (χ2n) is 18.0. The van der Waals surface area contributed by atoms with Gasteiger partial charge in [0.1, 0.15) is 0 Å². The van der Waals surface area contributed by atoms with Gasteiger partial charge in [-0.2, -0.15) is 0 Å². The van der Waals surface area contributed by atoms with Crippen molar-refractivity contribution in [1.82, 2.24) is 18.7 Å². The van der Waals surface area contributed by atoms with Gasteiger partial charge in [0.15, 0.2) is 0 Å². The summed E-state index contributed by atoms with van der Waals surface area (Å²) in [6, 6.07) is 92.3. The molecule has 4 heterocycles. The molecule has 4 aromatic heterocycles. The van der Waals surface area contributed by atoms with E-state index in [2.05, 4.69) is 268 Å². The lowest BCUT2D eigenvalue weighted by molar-refractivity contribution is 1.16. The van der Waals surface area contributed by atoms with Gasteiger partial charge in [0, 0.05) is 60.5 Å². The number of nitrogens with zero attached hydrogens (tertiary/aromatic N) is 4. The summed E-state index contributed by atoms with van der Waals surface area (Å²) in [7, 11) is 0. The van der Waals surface area contributed by atoms with Crippen LogP contribution in [0.4, 0.5) is 0 Å². The van der Waals surface area contributed by atoms with E-state index in [1.54, 1.807) is 0 Å². The molecule has 0 radical (unpaired) electrons. The monoisotopic (exact) mass is 878 g/mol. The largest absolute Gasteiger partial charge is 0.309 e. The van der Waals surface area contributed by atoms with Crippen LogP contribution in [0.2, 0.25) is 0 Å². The molecular weight excluding hydrogens is 837 g/mol. The molecule has 0 atom stereocenters. The molecule has 0 spiro atoms. The van der Waals surface area contributed by atoms with Crippen molar-refractivity contribution in [2.45, 2.75) is 0 Å². The first kappa shape index (κ1) is 39.0. The highest BCUT2D eigenvalue weighted by atomic mass is 15.0. The van der Waals surface area contributed by atoms with Gasteiger partial charge in [-0.25, -0.2) is 4.98 Å². The Balaban J connectivity index is 0.950. The molecule has 0 bridgehead atoms. The fourth-order valence-corrected chi connectivity index (χ4v) is 10.8. The SMILES string of the molecule is c1ccc(-c2cc(-c3ccccc3)nc(-c3ccc(-n4c5ccc(-c6ccc7c(c6)c6ccccc6n7-c6ccccc6)cc5c5cc(-n6c7ccccc7c7ccccc76)ccc54)cc3)c2)cc1. The number of aromatic nitrogens is 4. The van der Waals surface area contributed by atoms with E-state index >= 15 is 0 Å². The highest BCUT2D eigenvalue weighted by molar-refractivity contribution is 6.14. The highest BCUT2D eigenvalue weighted by Crippen LogP contribution is 2.41. The van der Waals surface area contributed by atoms with Crippen molar-refractivity contribution in [1.29, 1.82) is 0 Å². The first-order valence-corrected chi connectivity index (χ1v) is 23.6. The van der Waals surface area contributed by atoms with Gasteiger partial charge in [-0.15, -0.1) is 0 Å². The van der Waals surface area contributed by atoms with Gasteiger partial charge in [0.2, 0.25) is 0 Å². The molecule has 4 nitrogen and oxygen atoms in total. The van der Waals surface area contributed by atoms with Gasteiger partial charge in [-0.1, -0.05) is 158 Å². The zero-order valence-corrected chi connectivity index (χ0v) is 37.5. The third kappa shape index (κ3) is 6.34. The fraction of sp³-hybridized carbons (Fsp3) is 0. The minimum Gasteiger partial charge on any atom is -0.309 e. The van der Waals surface area contributed by atoms with Gasteiger partial charge in [0.25, 0.3) is 0 Å². The molecule has 322 valence electrons. The van der Waals surface area contributed by atoms with Crippen molar-refractivity contribution < 1.29 is 0 Å². The van der Waals surface area contributed by atoms with E-state index in [1.807, 2.05) is 0 Å². The molecule has 0 N–H and O–H groups in total. The Labute approximate surface area is 398 Å². The van der Waals surface area contributed by atoms with Gasteiger partial charge in [0.05, 0.1) is 44.5 Å². The highest BCUT2D eigenvalue weighted by Gasteiger charge is 2.19. The molecule has 0 amide bonds. The molecule has 10 aromatic carbocycles. The smallest absolute Gasteiger partial charge is 0.0715 e. The van der Waals surface area contributed by atoms with Gasteiger partial charge >= 0.3 is 0 Å². The quantitative estimate of drug-likeness (QED) is 0.157. The van der Waals surface area contributed by atoms with E-state index < -0.39 is 0 Å². The number of hydrogen-bond donors (Lipinski definition) is 0. The van der Waals surface area contributed by atoms with Crippen molar-refractivity contribution in [2.75, 3.05) is 0 Å². The van der Waals surface area contributed by atoms with Crippen LogP contribution < -0.4 is 0 Å². The zero-order valence-electron chi connectivity index (χ0n) is 37.5. The first-order valence-electron chi connectivity index (χ1n) is 23.6. The Hall–Kier alpha value is -9.25. The topological polar surface area (TPSA) is 27.7 Å². The third-order valence-electron chi connectivity index (χ3n) is 14.0. The van der Waals surface area contributed by atoms with E-state index in [0.717, 1.165) is 56.2 Å². The number of pyridine rings is 1. The standard InChI is InChI=1S/C65H42N4/c1-4-16-43(17-5-1)48-40-58(44-18-6-2-7-19-44)66-59(41-48)45-28-32-50(33-29-45)68-64-36-31-47(46-30-35-63-55(38-46)54-24-12-15-27-62(54)67(63)49-20-8-3-9-21-49)39-56(64)57-42-51(34-37-65(57)68)69-60-25-13-10-22-52(60)53-23-11-14-26-61(53)69/h1-42H. The predicted octanol–water partition coefficient (Wildman–Crippen LogP) is 17.0. The van der Waals surface area contributed by atoms with Crippen LogP contribution >= 0.6 is 0 Å². The lowest BCUT2D eigenvalue weighted by atomic mass is 10.00. The van der Waals surface area contributed by atoms with Crippen molar-refractivity contribution in [3.63, 3.8) is 0 Å². The van der Waals surface area contributed by atoms with Crippen molar-refractivity contribution in [3.8, 4) is 61.8 Å². The minimum absolute atomic E-state index is 0.938. The van der Waals surface area contributed by atoms with E-state index in [1.165, 1.54) is 71.1 Å². The summed E-state index contributed by atoms with van der Waals surface area (Å²) in [5, 5.41) is 7.38. The van der Waals surface area contributed by atoms with Crippen LogP contribution in [-0.2, 0) is 0 Å². The van der Waals surface area contributed by atoms with Crippen molar-refractivity contribution in [2.24, 2.45) is 0 Å². The average molecular weight is 879 g/mol. The summed E-state index contributed by atoms with van der Waals surface area (Å²) >= 11 is 0. The first-order chi connectivity index (χ1) is 34.2. The summed E-state index contributed by atoms with van der Waals surface area (Å²) in [6.45, 7) is 0. The summed E-state index contributed by atoms with van der Waals surface area (Å²) in [5.74, 6) is 0. The second-order valence-corrected chi connectivity index (χ2v) is 18.0. The van der Waals surface area contributed by atoms with Crippen LogP contribution in [0.5, 0.6) is 0 Å². The summed E-state index contributed by atoms with van der Waals surface area (Å²) < 4.78 is 7.22. The third-order valence-corrected chi connectivity index (χ3v) is 14.0. The van der Waals surface area contributed by atoms with E-state index in [-0.39, 0.29) is 0 Å². The lowest BCUT2D eigenvalue weighted by Gasteiger charge is -2.12. The molecule has 0 aliphatic rings. The van der Waals surface area contributed by atoms with Crippen LogP contribution in [-0.4, -0.2) is 18.7 Å². The predicted molar refractivity (Wildman–Crippen MR) is 289 cm³/mol. The van der Waals surface area contributed by atoms with Gasteiger partial charge in [-0.3, -0.25) is 0 Å². The molecule has 69 heavy (non-hydrogen) atoms. The molecule has 4 heteroatoms. The lowest BCUT2D eigenvalue weighted by Crippen LogP contribution is -1.96. The number of benzene rings is 10. The Morgan fingerprint density at radius 3 is 1.10 bits per heavy atom.